The molecule has 3 heterocycles. The van der Waals surface area contributed by atoms with E-state index in [9.17, 15) is 4.79 Å². The number of piperazine rings is 1. The number of amides is 1. The van der Waals surface area contributed by atoms with Crippen LogP contribution in [-0.4, -0.2) is 58.8 Å². The van der Waals surface area contributed by atoms with Crippen molar-refractivity contribution in [2.24, 2.45) is 12.8 Å². The van der Waals surface area contributed by atoms with E-state index >= 15 is 0 Å². The van der Waals surface area contributed by atoms with Gasteiger partial charge in [-0.1, -0.05) is 17.7 Å². The smallest absolute Gasteiger partial charge is 0.249 e. The van der Waals surface area contributed by atoms with Gasteiger partial charge in [-0.2, -0.15) is 5.10 Å². The second kappa shape index (κ2) is 9.68. The van der Waals surface area contributed by atoms with E-state index < -0.39 is 5.91 Å². The molecule has 0 radical (unpaired) electrons. The van der Waals surface area contributed by atoms with Crippen LogP contribution in [0.3, 0.4) is 0 Å². The summed E-state index contributed by atoms with van der Waals surface area (Å²) in [6.07, 6.45) is 3.48. The second-order valence-electron chi connectivity index (χ2n) is 8.33. The first-order valence-corrected chi connectivity index (χ1v) is 11.2. The molecule has 0 bridgehead atoms. The summed E-state index contributed by atoms with van der Waals surface area (Å²) < 4.78 is 1.74. The number of halogens is 1. The van der Waals surface area contributed by atoms with Crippen molar-refractivity contribution >= 4 is 40.4 Å². The molecule has 4 N–H and O–H groups in total. The first-order chi connectivity index (χ1) is 15.8. The summed E-state index contributed by atoms with van der Waals surface area (Å²) in [5, 5.41) is 11.4. The highest BCUT2D eigenvalue weighted by Gasteiger charge is 2.17. The third kappa shape index (κ3) is 5.37. The van der Waals surface area contributed by atoms with Crippen molar-refractivity contribution in [3.8, 4) is 0 Å². The maximum Gasteiger partial charge on any atom is 0.249 e. The minimum atomic E-state index is -0.446. The van der Waals surface area contributed by atoms with Crippen LogP contribution >= 0.6 is 11.6 Å². The number of nitrogens with two attached hydrogens (primary N) is 1. The fraction of sp³-hybridized carbons (Fsp3) is 0.348. The molecule has 1 aliphatic heterocycles. The number of benzene rings is 1. The summed E-state index contributed by atoms with van der Waals surface area (Å²) in [5.74, 6) is 0.191. The molecular weight excluding hydrogens is 440 g/mol. The molecule has 0 spiro atoms. The van der Waals surface area contributed by atoms with E-state index in [1.807, 2.05) is 44.4 Å². The van der Waals surface area contributed by atoms with Crippen molar-refractivity contribution in [1.29, 1.82) is 0 Å². The minimum Gasteiger partial charge on any atom is -0.380 e. The molecule has 174 valence electrons. The van der Waals surface area contributed by atoms with E-state index in [1.165, 1.54) is 0 Å². The second-order valence-corrected chi connectivity index (χ2v) is 8.73. The Balaban J connectivity index is 1.50. The summed E-state index contributed by atoms with van der Waals surface area (Å²) in [5.41, 5.74) is 10.5. The zero-order chi connectivity index (χ0) is 23.5. The van der Waals surface area contributed by atoms with Crippen molar-refractivity contribution in [3.05, 3.63) is 58.5 Å². The molecule has 9 nitrogen and oxygen atoms in total. The summed E-state index contributed by atoms with van der Waals surface area (Å²) >= 11 is 6.37. The van der Waals surface area contributed by atoms with Gasteiger partial charge in [0.15, 0.2) is 0 Å². The van der Waals surface area contributed by atoms with Gasteiger partial charge in [-0.15, -0.1) is 0 Å². The highest BCUT2D eigenvalue weighted by molar-refractivity contribution is 6.33. The van der Waals surface area contributed by atoms with Crippen molar-refractivity contribution in [2.75, 3.05) is 48.8 Å². The lowest BCUT2D eigenvalue weighted by Gasteiger charge is -2.34. The monoisotopic (exact) mass is 468 g/mol. The van der Waals surface area contributed by atoms with Crippen molar-refractivity contribution in [3.63, 3.8) is 0 Å². The van der Waals surface area contributed by atoms with E-state index in [4.69, 9.17) is 17.3 Å². The zero-order valence-corrected chi connectivity index (χ0v) is 19.9. The number of aryl methyl sites for hydroxylation is 2. The van der Waals surface area contributed by atoms with Crippen LogP contribution in [0.4, 0.5) is 22.9 Å². The fourth-order valence-corrected chi connectivity index (χ4v) is 4.07. The standard InChI is InChI=1S/C23H29ClN8O/c1-15-21(14-31(3)29-15)28-22-11-20(19(24)13-27-22)26-12-16-4-5-17(10-18(16)23(25)33)32-8-6-30(2)7-9-32/h4-5,10-11,13-14H,6-9,12H2,1-3H3,(H2,25,33)(H2,26,27,28). The molecular formula is C23H29ClN8O. The summed E-state index contributed by atoms with van der Waals surface area (Å²) in [4.78, 5) is 21.1. The normalized spacial score (nSPS) is 14.4. The van der Waals surface area contributed by atoms with Crippen LogP contribution < -0.4 is 21.3 Å². The number of likely N-dealkylation sites (N-methyl/N-ethyl adjacent to an activating group) is 1. The molecule has 0 saturated carbocycles. The molecule has 33 heavy (non-hydrogen) atoms. The first-order valence-electron chi connectivity index (χ1n) is 10.8. The molecule has 1 amide bonds. The molecule has 2 aromatic heterocycles. The van der Waals surface area contributed by atoms with E-state index in [0.717, 1.165) is 48.8 Å². The molecule has 0 aliphatic carbocycles. The zero-order valence-electron chi connectivity index (χ0n) is 19.1. The van der Waals surface area contributed by atoms with Crippen molar-refractivity contribution < 1.29 is 4.79 Å². The Bertz CT molecular complexity index is 1150. The van der Waals surface area contributed by atoms with Crippen LogP contribution in [0.1, 0.15) is 21.6 Å². The maximum absolute atomic E-state index is 12.2. The predicted molar refractivity (Wildman–Crippen MR) is 132 cm³/mol. The van der Waals surface area contributed by atoms with Gasteiger partial charge in [0.25, 0.3) is 0 Å². The van der Waals surface area contributed by atoms with Crippen LogP contribution in [0.5, 0.6) is 0 Å². The highest BCUT2D eigenvalue weighted by Crippen LogP contribution is 2.28. The lowest BCUT2D eigenvalue weighted by atomic mass is 10.0. The van der Waals surface area contributed by atoms with Gasteiger partial charge in [0.05, 0.1) is 28.3 Å². The average molecular weight is 469 g/mol. The average Bonchev–Trinajstić information content (AvgIpc) is 3.11. The van der Waals surface area contributed by atoms with Gasteiger partial charge in [-0.05, 0) is 31.7 Å². The van der Waals surface area contributed by atoms with E-state index in [-0.39, 0.29) is 0 Å². The van der Waals surface area contributed by atoms with Gasteiger partial charge < -0.3 is 26.2 Å². The Kier molecular flexibility index (Phi) is 6.71. The number of hydrogen-bond donors (Lipinski definition) is 3. The van der Waals surface area contributed by atoms with Crippen molar-refractivity contribution in [1.82, 2.24) is 19.7 Å². The SMILES string of the molecule is Cc1nn(C)cc1Nc1cc(NCc2ccc(N3CCN(C)CC3)cc2C(N)=O)c(Cl)cn1. The number of nitrogens with zero attached hydrogens (tertiary/aromatic N) is 5. The maximum atomic E-state index is 12.2. The molecule has 10 heteroatoms. The van der Waals surface area contributed by atoms with Gasteiger partial charge in [-0.3, -0.25) is 9.48 Å². The summed E-state index contributed by atoms with van der Waals surface area (Å²) in [7, 11) is 3.98. The third-order valence-electron chi connectivity index (χ3n) is 5.83. The number of aromatic nitrogens is 3. The number of anilines is 4. The lowest BCUT2D eigenvalue weighted by molar-refractivity contribution is 0.0999. The van der Waals surface area contributed by atoms with Gasteiger partial charge >= 0.3 is 0 Å². The quantitative estimate of drug-likeness (QED) is 0.489. The van der Waals surface area contributed by atoms with Crippen LogP contribution in [0.25, 0.3) is 0 Å². The molecule has 4 rings (SSSR count). The predicted octanol–water partition coefficient (Wildman–Crippen LogP) is 2.98. The number of primary amides is 1. The lowest BCUT2D eigenvalue weighted by Crippen LogP contribution is -2.44. The number of rotatable bonds is 7. The number of pyridine rings is 1. The van der Waals surface area contributed by atoms with Gasteiger partial charge in [0.1, 0.15) is 5.82 Å². The number of carbonyl (C=O) groups excluding carboxylic acids is 1. The largest absolute Gasteiger partial charge is 0.380 e. The summed E-state index contributed by atoms with van der Waals surface area (Å²) in [6, 6.07) is 7.71. The summed E-state index contributed by atoms with van der Waals surface area (Å²) in [6.45, 7) is 6.15. The first kappa shape index (κ1) is 22.9. The molecule has 1 fully saturated rings. The van der Waals surface area contributed by atoms with Crippen LogP contribution in [0.15, 0.2) is 36.7 Å². The molecule has 3 aromatic rings. The fourth-order valence-electron chi connectivity index (χ4n) is 3.90. The van der Waals surface area contributed by atoms with Gasteiger partial charge in [0, 0.05) is 63.3 Å². The molecule has 1 aromatic carbocycles. The Hall–Kier alpha value is -3.30. The van der Waals surface area contributed by atoms with E-state index in [2.05, 4.69) is 37.6 Å². The van der Waals surface area contributed by atoms with Gasteiger partial charge in [0.2, 0.25) is 5.91 Å². The van der Waals surface area contributed by atoms with Gasteiger partial charge in [-0.25, -0.2) is 4.98 Å². The Morgan fingerprint density at radius 3 is 2.58 bits per heavy atom. The molecule has 0 atom stereocenters. The number of carbonyl (C=O) groups is 1. The van der Waals surface area contributed by atoms with Crippen LogP contribution in [0.2, 0.25) is 5.02 Å². The number of hydrogen-bond acceptors (Lipinski definition) is 7. The van der Waals surface area contributed by atoms with Crippen LogP contribution in [0, 0.1) is 6.92 Å². The Morgan fingerprint density at radius 2 is 1.91 bits per heavy atom. The Labute approximate surface area is 198 Å². The molecule has 0 unspecified atom stereocenters. The van der Waals surface area contributed by atoms with Crippen LogP contribution in [-0.2, 0) is 13.6 Å². The number of nitrogens with one attached hydrogen (secondary N) is 2. The van der Waals surface area contributed by atoms with E-state index in [0.29, 0.717) is 28.6 Å². The topological polar surface area (TPSA) is 104 Å². The molecule has 1 aliphatic rings. The third-order valence-corrected chi connectivity index (χ3v) is 6.13. The highest BCUT2D eigenvalue weighted by atomic mass is 35.5. The van der Waals surface area contributed by atoms with Crippen molar-refractivity contribution in [2.45, 2.75) is 13.5 Å². The minimum absolute atomic E-state index is 0.399. The van der Waals surface area contributed by atoms with E-state index in [1.54, 1.807) is 10.9 Å². The molecule has 1 saturated heterocycles. The Morgan fingerprint density at radius 1 is 1.15 bits per heavy atom.